The summed E-state index contributed by atoms with van der Waals surface area (Å²) in [5.74, 6) is -0.0683. The molecule has 1 heterocycles. The second-order valence-corrected chi connectivity index (χ2v) is 5.37. The van der Waals surface area contributed by atoms with E-state index in [2.05, 4.69) is 5.32 Å². The highest BCUT2D eigenvalue weighted by molar-refractivity contribution is 5.93. The molecule has 0 aromatic heterocycles. The van der Waals surface area contributed by atoms with Gasteiger partial charge in [0, 0.05) is 13.1 Å². The quantitative estimate of drug-likeness (QED) is 0.912. The molecule has 0 bridgehead atoms. The number of fused-ring (bicyclic) bond motifs is 1. The van der Waals surface area contributed by atoms with Gasteiger partial charge in [0.25, 0.3) is 0 Å². The molecule has 1 saturated heterocycles. The summed E-state index contributed by atoms with van der Waals surface area (Å²) >= 11 is 0. The lowest BCUT2D eigenvalue weighted by Gasteiger charge is -2.33. The van der Waals surface area contributed by atoms with Gasteiger partial charge in [0.2, 0.25) is 11.8 Å². The third-order valence-electron chi connectivity index (χ3n) is 4.04. The van der Waals surface area contributed by atoms with E-state index in [1.165, 1.54) is 0 Å². The predicted molar refractivity (Wildman–Crippen MR) is 81.8 cm³/mol. The van der Waals surface area contributed by atoms with Gasteiger partial charge in [-0.15, -0.1) is 0 Å². The van der Waals surface area contributed by atoms with E-state index >= 15 is 0 Å². The molecular formula is C17H18N2O2. The minimum absolute atomic E-state index is 0.00806. The van der Waals surface area contributed by atoms with Crippen LogP contribution in [-0.4, -0.2) is 35.8 Å². The standard InChI is InChI=1S/C17H18N2O2/c1-12-17(21)18-9-10-19(12)16(20)11-14-7-4-6-13-5-2-3-8-15(13)14/h2-8,12H,9-11H2,1H3,(H,18,21). The monoisotopic (exact) mass is 282 g/mol. The van der Waals surface area contributed by atoms with Crippen LogP contribution >= 0.6 is 0 Å². The number of amides is 2. The van der Waals surface area contributed by atoms with Crippen molar-refractivity contribution < 1.29 is 9.59 Å². The lowest BCUT2D eigenvalue weighted by Crippen LogP contribution is -2.56. The molecule has 1 atom stereocenters. The van der Waals surface area contributed by atoms with Crippen LogP contribution in [0.5, 0.6) is 0 Å². The summed E-state index contributed by atoms with van der Waals surface area (Å²) < 4.78 is 0. The number of hydrogen-bond donors (Lipinski definition) is 1. The van der Waals surface area contributed by atoms with Crippen molar-refractivity contribution >= 4 is 22.6 Å². The summed E-state index contributed by atoms with van der Waals surface area (Å²) in [6, 6.07) is 13.6. The Labute approximate surface area is 123 Å². The zero-order valence-electron chi connectivity index (χ0n) is 12.0. The van der Waals surface area contributed by atoms with Crippen molar-refractivity contribution in [1.82, 2.24) is 10.2 Å². The molecule has 1 N–H and O–H groups in total. The van der Waals surface area contributed by atoms with Gasteiger partial charge in [-0.25, -0.2) is 0 Å². The zero-order valence-corrected chi connectivity index (χ0v) is 12.0. The Kier molecular flexibility index (Phi) is 3.60. The van der Waals surface area contributed by atoms with E-state index < -0.39 is 0 Å². The van der Waals surface area contributed by atoms with Crippen LogP contribution in [0.25, 0.3) is 10.8 Å². The predicted octanol–water partition coefficient (Wildman–Crippen LogP) is 1.73. The molecule has 0 spiro atoms. The molecule has 0 aliphatic carbocycles. The minimum atomic E-state index is -0.388. The highest BCUT2D eigenvalue weighted by Gasteiger charge is 2.29. The van der Waals surface area contributed by atoms with E-state index in [-0.39, 0.29) is 17.9 Å². The molecule has 2 aromatic rings. The Bertz CT molecular complexity index is 691. The molecule has 0 saturated carbocycles. The van der Waals surface area contributed by atoms with Gasteiger partial charge < -0.3 is 10.2 Å². The summed E-state index contributed by atoms with van der Waals surface area (Å²) in [6.07, 6.45) is 0.332. The van der Waals surface area contributed by atoms with E-state index in [1.807, 2.05) is 42.5 Å². The average Bonchev–Trinajstić information content (AvgIpc) is 2.50. The van der Waals surface area contributed by atoms with Gasteiger partial charge in [0.1, 0.15) is 6.04 Å². The normalized spacial score (nSPS) is 18.6. The number of benzene rings is 2. The van der Waals surface area contributed by atoms with Crippen LogP contribution in [0.15, 0.2) is 42.5 Å². The first kappa shape index (κ1) is 13.6. The Morgan fingerprint density at radius 3 is 2.86 bits per heavy atom. The largest absolute Gasteiger partial charge is 0.353 e. The smallest absolute Gasteiger partial charge is 0.242 e. The third kappa shape index (κ3) is 2.61. The lowest BCUT2D eigenvalue weighted by atomic mass is 10.0. The van der Waals surface area contributed by atoms with E-state index in [0.29, 0.717) is 19.5 Å². The van der Waals surface area contributed by atoms with Crippen molar-refractivity contribution in [3.05, 3.63) is 48.0 Å². The second kappa shape index (κ2) is 5.56. The first-order chi connectivity index (χ1) is 10.2. The average molecular weight is 282 g/mol. The molecule has 1 aliphatic heterocycles. The minimum Gasteiger partial charge on any atom is -0.353 e. The number of nitrogens with one attached hydrogen (secondary N) is 1. The van der Waals surface area contributed by atoms with Crippen LogP contribution in [0.1, 0.15) is 12.5 Å². The van der Waals surface area contributed by atoms with Crippen LogP contribution in [0.4, 0.5) is 0 Å². The van der Waals surface area contributed by atoms with Gasteiger partial charge >= 0.3 is 0 Å². The van der Waals surface area contributed by atoms with Crippen molar-refractivity contribution in [2.75, 3.05) is 13.1 Å². The molecule has 3 rings (SSSR count). The summed E-state index contributed by atoms with van der Waals surface area (Å²) in [4.78, 5) is 25.8. The fourth-order valence-electron chi connectivity index (χ4n) is 2.83. The fraction of sp³-hybridized carbons (Fsp3) is 0.294. The second-order valence-electron chi connectivity index (χ2n) is 5.37. The molecule has 108 valence electrons. The molecule has 4 nitrogen and oxygen atoms in total. The third-order valence-corrected chi connectivity index (χ3v) is 4.04. The number of carbonyl (C=O) groups is 2. The van der Waals surface area contributed by atoms with Gasteiger partial charge in [-0.2, -0.15) is 0 Å². The van der Waals surface area contributed by atoms with Crippen molar-refractivity contribution in [3.8, 4) is 0 Å². The Morgan fingerprint density at radius 1 is 1.24 bits per heavy atom. The molecule has 4 heteroatoms. The first-order valence-electron chi connectivity index (χ1n) is 7.20. The highest BCUT2D eigenvalue weighted by atomic mass is 16.2. The zero-order chi connectivity index (χ0) is 14.8. The number of piperazine rings is 1. The molecule has 21 heavy (non-hydrogen) atoms. The topological polar surface area (TPSA) is 49.4 Å². The van der Waals surface area contributed by atoms with Crippen molar-refractivity contribution in [1.29, 1.82) is 0 Å². The Hall–Kier alpha value is -2.36. The molecule has 0 radical (unpaired) electrons. The van der Waals surface area contributed by atoms with E-state index in [1.54, 1.807) is 11.8 Å². The van der Waals surface area contributed by atoms with Crippen LogP contribution < -0.4 is 5.32 Å². The summed E-state index contributed by atoms with van der Waals surface area (Å²) in [5.41, 5.74) is 1.01. The number of rotatable bonds is 2. The lowest BCUT2D eigenvalue weighted by molar-refractivity contribution is -0.142. The molecule has 2 amide bonds. The summed E-state index contributed by atoms with van der Waals surface area (Å²) in [7, 11) is 0. The van der Waals surface area contributed by atoms with E-state index in [4.69, 9.17) is 0 Å². The van der Waals surface area contributed by atoms with E-state index in [9.17, 15) is 9.59 Å². The number of carbonyl (C=O) groups excluding carboxylic acids is 2. The Balaban J connectivity index is 1.85. The molecule has 2 aromatic carbocycles. The van der Waals surface area contributed by atoms with Gasteiger partial charge in [0.05, 0.1) is 6.42 Å². The highest BCUT2D eigenvalue weighted by Crippen LogP contribution is 2.20. The van der Waals surface area contributed by atoms with Crippen molar-refractivity contribution in [2.45, 2.75) is 19.4 Å². The fourth-order valence-corrected chi connectivity index (χ4v) is 2.83. The number of hydrogen-bond acceptors (Lipinski definition) is 2. The Morgan fingerprint density at radius 2 is 2.00 bits per heavy atom. The van der Waals surface area contributed by atoms with Crippen LogP contribution in [-0.2, 0) is 16.0 Å². The number of nitrogens with zero attached hydrogens (tertiary/aromatic N) is 1. The van der Waals surface area contributed by atoms with Crippen LogP contribution in [0, 0.1) is 0 Å². The van der Waals surface area contributed by atoms with Gasteiger partial charge in [0.15, 0.2) is 0 Å². The maximum atomic E-state index is 12.5. The SMILES string of the molecule is CC1C(=O)NCCN1C(=O)Cc1cccc2ccccc12. The van der Waals surface area contributed by atoms with E-state index in [0.717, 1.165) is 16.3 Å². The molecule has 1 unspecified atom stereocenters. The summed E-state index contributed by atoms with van der Waals surface area (Å²) in [5, 5.41) is 5.01. The van der Waals surface area contributed by atoms with Gasteiger partial charge in [-0.1, -0.05) is 42.5 Å². The molecular weight excluding hydrogens is 264 g/mol. The molecule has 1 fully saturated rings. The summed E-state index contributed by atoms with van der Waals surface area (Å²) in [6.45, 7) is 2.89. The van der Waals surface area contributed by atoms with Crippen molar-refractivity contribution in [3.63, 3.8) is 0 Å². The van der Waals surface area contributed by atoms with Gasteiger partial charge in [-0.05, 0) is 23.3 Å². The molecule has 1 aliphatic rings. The first-order valence-corrected chi connectivity index (χ1v) is 7.20. The maximum absolute atomic E-state index is 12.5. The maximum Gasteiger partial charge on any atom is 0.242 e. The van der Waals surface area contributed by atoms with Crippen molar-refractivity contribution in [2.24, 2.45) is 0 Å². The van der Waals surface area contributed by atoms with Crippen LogP contribution in [0.2, 0.25) is 0 Å². The van der Waals surface area contributed by atoms with Gasteiger partial charge in [-0.3, -0.25) is 9.59 Å². The van der Waals surface area contributed by atoms with Crippen LogP contribution in [0.3, 0.4) is 0 Å².